The molecule has 1 aromatic carbocycles. The second kappa shape index (κ2) is 22.2. The second-order valence-corrected chi connectivity index (χ2v) is 35.9. The van der Waals surface area contributed by atoms with Crippen LogP contribution in [0.25, 0.3) is 11.3 Å². The molecule has 17 heteroatoms. The van der Waals surface area contributed by atoms with E-state index in [2.05, 4.69) is 170 Å². The van der Waals surface area contributed by atoms with E-state index in [1.807, 2.05) is 12.1 Å². The standard InChI is InChI=1S/C18H18F2N2.C13H20O3.C12H15ClN2.C12H18N2O.C12H16N2O.C10H16O/c1-17(2)11-7-8-18(17,3)16-10(11)9-14(21-22-16)15-12(19)5-4-6-13(15)20;1-12(2)9-5-6-13(12,3)11(15)8(9)7-10(14)16-4;1-11(2)8-4-5-12(11,3)10-7(8)6-9(13)14-15-10;2*1-11(2)8-4-5-12(11,3)10-7(8)6-9(15)13-14-10;1-9(2)7-4-5-10(9,3)8(11)6-7/h4-6,9,11H,7-8H2,1-3H3;8-9H,5-7H2,1-4H3;6,8H,4-5H2,1-3H3;7-8H,4-6H2,1-3H3,(H,13,15);6,8H,4-5H2,1-3H3,(H,13,15);7H,4-6H2,1-3H3/t11-,18+;8?,9-,13+;8-,12+;7?,8-,12+;8-,12+;7-,10+/m000000/s1. The molecule has 9 fully saturated rings. The third kappa shape index (κ3) is 9.28. The Hall–Kier alpha value is -5.64. The Morgan fingerprint density at radius 2 is 1.04 bits per heavy atom. The summed E-state index contributed by atoms with van der Waals surface area (Å²) in [6, 6.07) is 9.48. The molecule has 2 unspecified atom stereocenters. The second-order valence-electron chi connectivity index (χ2n) is 35.5. The number of hydrazone groups is 1. The highest BCUT2D eigenvalue weighted by atomic mass is 35.5. The topological polar surface area (TPSA) is 199 Å². The number of nitrogens with one attached hydrogen (secondary N) is 2. The molecule has 508 valence electrons. The number of halogens is 3. The van der Waals surface area contributed by atoms with E-state index in [9.17, 15) is 32.8 Å². The van der Waals surface area contributed by atoms with Gasteiger partial charge >= 0.3 is 5.97 Å². The Kier molecular flexibility index (Phi) is 16.1. The van der Waals surface area contributed by atoms with E-state index in [4.69, 9.17) is 11.6 Å². The van der Waals surface area contributed by atoms with Crippen molar-refractivity contribution in [2.75, 3.05) is 7.11 Å². The van der Waals surface area contributed by atoms with Crippen LogP contribution in [0.2, 0.25) is 5.15 Å². The molecule has 1 aliphatic heterocycles. The number of hydrogen-bond donors (Lipinski definition) is 2. The highest BCUT2D eigenvalue weighted by Crippen LogP contribution is 2.72. The normalized spacial score (nSPS) is 37.6. The molecule has 0 radical (unpaired) electrons. The average molecular weight is 1310 g/mol. The predicted molar refractivity (Wildman–Crippen MR) is 361 cm³/mol. The molecule has 9 saturated carbocycles. The Morgan fingerprint density at radius 1 is 0.553 bits per heavy atom. The number of amides is 1. The number of ether oxygens (including phenoxy) is 1. The van der Waals surface area contributed by atoms with Crippen molar-refractivity contribution < 1.29 is 32.7 Å². The van der Waals surface area contributed by atoms with Crippen LogP contribution in [0.1, 0.15) is 272 Å². The molecule has 14 nitrogen and oxygen atoms in total. The van der Waals surface area contributed by atoms with Gasteiger partial charge in [-0.15, -0.1) is 5.10 Å². The molecule has 13 aliphatic rings. The van der Waals surface area contributed by atoms with E-state index in [0.717, 1.165) is 55.5 Å². The van der Waals surface area contributed by atoms with Gasteiger partial charge in [-0.1, -0.05) is 142 Å². The SMILES string of the molecule is CC1(C)[C@H]2CC[C@]1(C)C(=O)C2.CC1(C)[C@H]2CC[C@]1(C)C1=NNC(=O)CC12.CC1(C)[C@H]2CC[C@]1(C)c1n[nH]c(=O)cc12.CC1(C)[C@H]2CC[C@]1(C)c1nnc(-c3c(F)cccc3F)cc12.CC1(C)[C@H]2CC[C@]1(C)c1nnc(Cl)cc12.COC(=O)CC1C(=O)[C@@]2(C)CC[C@@H]1C2(C)C. The summed E-state index contributed by atoms with van der Waals surface area (Å²) in [5.41, 5.74) is 12.7. The van der Waals surface area contributed by atoms with Crippen molar-refractivity contribution in [1.82, 2.24) is 36.0 Å². The van der Waals surface area contributed by atoms with Crippen molar-refractivity contribution in [2.24, 2.45) is 83.4 Å². The van der Waals surface area contributed by atoms with Crippen LogP contribution < -0.4 is 11.0 Å². The minimum absolute atomic E-state index is 0.00626. The molecule has 14 atom stereocenters. The molecule has 94 heavy (non-hydrogen) atoms. The first-order valence-electron chi connectivity index (χ1n) is 35.1. The lowest BCUT2D eigenvalue weighted by Gasteiger charge is -2.35. The number of ketones is 2. The first-order valence-corrected chi connectivity index (χ1v) is 35.4. The fourth-order valence-electron chi connectivity index (χ4n) is 22.4. The van der Waals surface area contributed by atoms with Gasteiger partial charge in [0.2, 0.25) is 5.91 Å². The Morgan fingerprint density at radius 3 is 1.54 bits per heavy atom. The van der Waals surface area contributed by atoms with Gasteiger partial charge < -0.3 is 4.74 Å². The molecule has 4 aromatic rings. The van der Waals surface area contributed by atoms with E-state index in [0.29, 0.717) is 75.3 Å². The number of aromatic nitrogens is 6. The van der Waals surface area contributed by atoms with Gasteiger partial charge in [-0.2, -0.15) is 25.5 Å². The van der Waals surface area contributed by atoms with Gasteiger partial charge in [0.1, 0.15) is 23.2 Å². The van der Waals surface area contributed by atoms with Crippen LogP contribution >= 0.6 is 11.6 Å². The number of carbonyl (C=O) groups excluding carboxylic acids is 4. The summed E-state index contributed by atoms with van der Waals surface area (Å²) in [6.07, 6.45) is 15.8. The Bertz CT molecular complexity index is 3890. The summed E-state index contributed by atoms with van der Waals surface area (Å²) in [4.78, 5) is 57.9. The van der Waals surface area contributed by atoms with Crippen LogP contribution in [0.15, 0.2) is 46.3 Å². The summed E-state index contributed by atoms with van der Waals surface area (Å²) >= 11 is 5.93. The minimum atomic E-state index is -0.595. The molecule has 12 bridgehead atoms. The summed E-state index contributed by atoms with van der Waals surface area (Å²) in [5, 5.41) is 28.6. The highest BCUT2D eigenvalue weighted by Gasteiger charge is 2.68. The number of nitrogens with zero attached hydrogens (tertiary/aromatic N) is 6. The van der Waals surface area contributed by atoms with E-state index in [1.54, 1.807) is 6.07 Å². The van der Waals surface area contributed by atoms with Gasteiger partial charge in [-0.05, 0) is 186 Å². The van der Waals surface area contributed by atoms with E-state index < -0.39 is 11.6 Å². The van der Waals surface area contributed by atoms with Crippen molar-refractivity contribution >= 4 is 40.8 Å². The highest BCUT2D eigenvalue weighted by molar-refractivity contribution is 6.29. The maximum atomic E-state index is 14.0. The summed E-state index contributed by atoms with van der Waals surface area (Å²) < 4.78 is 32.7. The van der Waals surface area contributed by atoms with E-state index in [-0.39, 0.29) is 95.3 Å². The van der Waals surface area contributed by atoms with Gasteiger partial charge in [0.05, 0.1) is 41.9 Å². The smallest absolute Gasteiger partial charge is 0.306 e. The van der Waals surface area contributed by atoms with Crippen LogP contribution in [-0.4, -0.2) is 66.9 Å². The number of methoxy groups -OCH3 is 1. The number of carbonyl (C=O) groups is 4. The van der Waals surface area contributed by atoms with Crippen LogP contribution in [-0.2, 0) is 40.2 Å². The molecule has 0 spiro atoms. The van der Waals surface area contributed by atoms with Gasteiger partial charge in [-0.25, -0.2) is 19.3 Å². The van der Waals surface area contributed by atoms with Crippen molar-refractivity contribution in [3.05, 3.63) is 97.3 Å². The lowest BCUT2D eigenvalue weighted by atomic mass is 9.70. The van der Waals surface area contributed by atoms with Crippen LogP contribution in [0, 0.1) is 90.0 Å². The number of rotatable bonds is 3. The zero-order valence-electron chi connectivity index (χ0n) is 59.5. The predicted octanol–water partition coefficient (Wildman–Crippen LogP) is 16.4. The first-order chi connectivity index (χ1) is 43.6. The monoisotopic (exact) mass is 1310 g/mol. The first kappa shape index (κ1) is 68.3. The van der Waals surface area contributed by atoms with Crippen molar-refractivity contribution in [3.8, 4) is 11.3 Å². The largest absolute Gasteiger partial charge is 0.469 e. The van der Waals surface area contributed by atoms with E-state index >= 15 is 0 Å². The third-order valence-corrected chi connectivity index (χ3v) is 31.4. The van der Waals surface area contributed by atoms with Gasteiger partial charge in [-0.3, -0.25) is 24.0 Å². The Labute approximate surface area is 560 Å². The summed E-state index contributed by atoms with van der Waals surface area (Å²) in [6.45, 7) is 40.7. The lowest BCUT2D eigenvalue weighted by molar-refractivity contribution is -0.145. The molecule has 2 N–H and O–H groups in total. The lowest BCUT2D eigenvalue weighted by Crippen LogP contribution is -2.40. The van der Waals surface area contributed by atoms with Crippen LogP contribution in [0.3, 0.4) is 0 Å². The molecule has 3 aromatic heterocycles. The van der Waals surface area contributed by atoms with E-state index in [1.165, 1.54) is 92.8 Å². The number of Topliss-reactive ketones (excluding diaryl/α,β-unsaturated/α-hetero) is 2. The summed E-state index contributed by atoms with van der Waals surface area (Å²) in [7, 11) is 1.38. The minimum Gasteiger partial charge on any atom is -0.469 e. The average Bonchev–Trinajstić information content (AvgIpc) is 1.57. The third-order valence-electron chi connectivity index (χ3n) is 31.2. The maximum Gasteiger partial charge on any atom is 0.306 e. The van der Waals surface area contributed by atoms with Crippen LogP contribution in [0.4, 0.5) is 8.78 Å². The van der Waals surface area contributed by atoms with Gasteiger partial charge in [0.15, 0.2) is 5.15 Å². The molecule has 12 aliphatic carbocycles. The maximum absolute atomic E-state index is 14.0. The van der Waals surface area contributed by atoms with Gasteiger partial charge in [0, 0.05) is 68.9 Å². The van der Waals surface area contributed by atoms with Crippen molar-refractivity contribution in [1.29, 1.82) is 0 Å². The zero-order valence-corrected chi connectivity index (χ0v) is 60.2. The molecule has 0 saturated heterocycles. The molecule has 4 heterocycles. The number of esters is 1. The van der Waals surface area contributed by atoms with Gasteiger partial charge in [0.25, 0.3) is 5.56 Å². The Balaban J connectivity index is 0.000000109. The van der Waals surface area contributed by atoms with Crippen molar-refractivity contribution in [2.45, 2.75) is 255 Å². The fourth-order valence-corrected chi connectivity index (χ4v) is 22.5. The quantitative estimate of drug-likeness (QED) is 0.185. The number of H-pyrrole nitrogens is 1. The number of aromatic amines is 1. The number of hydrogen-bond acceptors (Lipinski definition) is 12. The summed E-state index contributed by atoms with van der Waals surface area (Å²) in [5.74, 6) is 2.96. The van der Waals surface area contributed by atoms with Crippen LogP contribution in [0.5, 0.6) is 0 Å². The molecular formula is C77H103ClF2N8O6. The zero-order chi connectivity index (χ0) is 68.6. The molecule has 1 amide bonds. The van der Waals surface area contributed by atoms with Crippen molar-refractivity contribution in [3.63, 3.8) is 0 Å². The number of fused-ring (bicyclic) bond motifs is 24. The molecular weight excluding hydrogens is 1210 g/mol. The number of benzene rings is 1. The fraction of sp³-hybridized carbons (Fsp3) is 0.701. The molecule has 17 rings (SSSR count).